The van der Waals surface area contributed by atoms with Gasteiger partial charge in [0, 0.05) is 22.8 Å². The maximum Gasteiger partial charge on any atom is 0.230 e. The highest BCUT2D eigenvalue weighted by atomic mass is 32.2. The van der Waals surface area contributed by atoms with Crippen LogP contribution in [0.2, 0.25) is 0 Å². The third-order valence-electron chi connectivity index (χ3n) is 4.03. The lowest BCUT2D eigenvalue weighted by atomic mass is 10.2. The molecule has 3 rings (SSSR count). The maximum atomic E-state index is 12.0. The Morgan fingerprint density at radius 1 is 1.50 bits per heavy atom. The van der Waals surface area contributed by atoms with Crippen molar-refractivity contribution < 1.29 is 4.79 Å². The summed E-state index contributed by atoms with van der Waals surface area (Å²) < 4.78 is 0. The van der Waals surface area contributed by atoms with Gasteiger partial charge in [0.15, 0.2) is 0 Å². The average molecular weight is 336 g/mol. The van der Waals surface area contributed by atoms with Crippen LogP contribution in [0.4, 0.5) is 0 Å². The zero-order valence-corrected chi connectivity index (χ0v) is 14.4. The number of nitrogens with zero attached hydrogens (tertiary/aromatic N) is 2. The second-order valence-corrected chi connectivity index (χ2v) is 7.90. The molecule has 2 heterocycles. The van der Waals surface area contributed by atoms with E-state index in [9.17, 15) is 4.79 Å². The SMILES string of the molecule is Cc1sc2ncnc(SCC(=O)NCC(N)C3CC3)c2c1C. The summed E-state index contributed by atoms with van der Waals surface area (Å²) in [5.74, 6) is 0.973. The molecular formula is C15H20N4OS2. The van der Waals surface area contributed by atoms with Crippen LogP contribution in [0, 0.1) is 19.8 Å². The van der Waals surface area contributed by atoms with E-state index < -0.39 is 0 Å². The second kappa shape index (κ2) is 6.52. The summed E-state index contributed by atoms with van der Waals surface area (Å²) in [6.45, 7) is 4.73. The maximum absolute atomic E-state index is 12.0. The monoisotopic (exact) mass is 336 g/mol. The van der Waals surface area contributed by atoms with E-state index >= 15 is 0 Å². The summed E-state index contributed by atoms with van der Waals surface area (Å²) in [6, 6.07) is 0.0986. The fourth-order valence-corrected chi connectivity index (χ4v) is 4.31. The number of thiophene rings is 1. The first-order chi connectivity index (χ1) is 10.6. The van der Waals surface area contributed by atoms with E-state index in [0.717, 1.165) is 15.2 Å². The molecule has 0 aliphatic heterocycles. The van der Waals surface area contributed by atoms with Crippen molar-refractivity contribution >= 4 is 39.2 Å². The van der Waals surface area contributed by atoms with Crippen LogP contribution in [0.5, 0.6) is 0 Å². The van der Waals surface area contributed by atoms with Gasteiger partial charge in [0.1, 0.15) is 16.2 Å². The Morgan fingerprint density at radius 2 is 2.27 bits per heavy atom. The van der Waals surface area contributed by atoms with Crippen molar-refractivity contribution in [3.63, 3.8) is 0 Å². The molecule has 3 N–H and O–H groups in total. The zero-order chi connectivity index (χ0) is 15.7. The van der Waals surface area contributed by atoms with E-state index in [1.165, 1.54) is 35.0 Å². The molecule has 1 fully saturated rings. The number of amides is 1. The largest absolute Gasteiger partial charge is 0.354 e. The van der Waals surface area contributed by atoms with Gasteiger partial charge >= 0.3 is 0 Å². The van der Waals surface area contributed by atoms with Crippen molar-refractivity contribution in [1.29, 1.82) is 0 Å². The molecule has 0 spiro atoms. The van der Waals surface area contributed by atoms with Gasteiger partial charge in [-0.3, -0.25) is 4.79 Å². The zero-order valence-electron chi connectivity index (χ0n) is 12.8. The van der Waals surface area contributed by atoms with Crippen molar-refractivity contribution in [3.8, 4) is 0 Å². The van der Waals surface area contributed by atoms with Crippen molar-refractivity contribution in [2.45, 2.75) is 37.8 Å². The number of thioether (sulfide) groups is 1. The van der Waals surface area contributed by atoms with E-state index in [1.54, 1.807) is 17.7 Å². The van der Waals surface area contributed by atoms with E-state index in [2.05, 4.69) is 29.1 Å². The van der Waals surface area contributed by atoms with Gasteiger partial charge in [0.25, 0.3) is 0 Å². The molecule has 1 unspecified atom stereocenters. The highest BCUT2D eigenvalue weighted by molar-refractivity contribution is 8.00. The highest BCUT2D eigenvalue weighted by Crippen LogP contribution is 2.34. The molecule has 2 aromatic rings. The van der Waals surface area contributed by atoms with Gasteiger partial charge in [-0.1, -0.05) is 11.8 Å². The van der Waals surface area contributed by atoms with Crippen molar-refractivity contribution in [3.05, 3.63) is 16.8 Å². The number of nitrogens with one attached hydrogen (secondary N) is 1. The van der Waals surface area contributed by atoms with E-state index in [0.29, 0.717) is 18.2 Å². The van der Waals surface area contributed by atoms with Crippen LogP contribution in [-0.4, -0.2) is 34.2 Å². The topological polar surface area (TPSA) is 80.9 Å². The van der Waals surface area contributed by atoms with Gasteiger partial charge in [0.2, 0.25) is 5.91 Å². The van der Waals surface area contributed by atoms with E-state index in [4.69, 9.17) is 5.73 Å². The normalized spacial score (nSPS) is 16.0. The molecule has 7 heteroatoms. The van der Waals surface area contributed by atoms with Gasteiger partial charge in [-0.25, -0.2) is 9.97 Å². The first kappa shape index (κ1) is 15.7. The average Bonchev–Trinajstić information content (AvgIpc) is 3.30. The number of aryl methyl sites for hydroxylation is 2. The van der Waals surface area contributed by atoms with Crippen LogP contribution >= 0.6 is 23.1 Å². The summed E-state index contributed by atoms with van der Waals surface area (Å²) >= 11 is 3.13. The molecule has 0 aromatic carbocycles. The Balaban J connectivity index is 1.60. The smallest absolute Gasteiger partial charge is 0.230 e. The lowest BCUT2D eigenvalue weighted by molar-refractivity contribution is -0.118. The number of carbonyl (C=O) groups is 1. The fourth-order valence-electron chi connectivity index (χ4n) is 2.37. The van der Waals surface area contributed by atoms with Crippen LogP contribution in [0.1, 0.15) is 23.3 Å². The lowest BCUT2D eigenvalue weighted by Gasteiger charge is -2.11. The predicted molar refractivity (Wildman–Crippen MR) is 91.3 cm³/mol. The van der Waals surface area contributed by atoms with Gasteiger partial charge in [-0.05, 0) is 38.2 Å². The van der Waals surface area contributed by atoms with Gasteiger partial charge in [-0.2, -0.15) is 0 Å². The Kier molecular flexibility index (Phi) is 4.65. The highest BCUT2D eigenvalue weighted by Gasteiger charge is 2.28. The number of carbonyl (C=O) groups excluding carboxylic acids is 1. The summed E-state index contributed by atoms with van der Waals surface area (Å²) in [4.78, 5) is 22.9. The molecular weight excluding hydrogens is 316 g/mol. The van der Waals surface area contributed by atoms with Gasteiger partial charge in [0.05, 0.1) is 5.75 Å². The standard InChI is InChI=1S/C15H20N4OS2/c1-8-9(2)22-15-13(8)14(18-7-19-15)21-6-12(20)17-5-11(16)10-3-4-10/h7,10-11H,3-6,16H2,1-2H3,(H,17,20). The second-order valence-electron chi connectivity index (χ2n) is 5.74. The molecule has 0 saturated heterocycles. The summed E-state index contributed by atoms with van der Waals surface area (Å²) in [5, 5.41) is 4.88. The number of aromatic nitrogens is 2. The Bertz CT molecular complexity index is 696. The van der Waals surface area contributed by atoms with Crippen LogP contribution in [-0.2, 0) is 4.79 Å². The van der Waals surface area contributed by atoms with Gasteiger partial charge < -0.3 is 11.1 Å². The summed E-state index contributed by atoms with van der Waals surface area (Å²) in [6.07, 6.45) is 3.96. The molecule has 1 saturated carbocycles. The molecule has 118 valence electrons. The molecule has 5 nitrogen and oxygen atoms in total. The van der Waals surface area contributed by atoms with Crippen LogP contribution in [0.25, 0.3) is 10.2 Å². The molecule has 1 amide bonds. The Morgan fingerprint density at radius 3 is 3.00 bits per heavy atom. The molecule has 1 atom stereocenters. The summed E-state index contributed by atoms with van der Waals surface area (Å²) in [5.41, 5.74) is 7.20. The number of hydrogen-bond acceptors (Lipinski definition) is 6. The van der Waals surface area contributed by atoms with E-state index in [-0.39, 0.29) is 11.9 Å². The number of rotatable bonds is 6. The predicted octanol–water partition coefficient (Wildman–Crippen LogP) is 2.25. The minimum Gasteiger partial charge on any atom is -0.354 e. The third kappa shape index (κ3) is 3.42. The van der Waals surface area contributed by atoms with Crippen LogP contribution in [0.3, 0.4) is 0 Å². The first-order valence-corrected chi connectivity index (χ1v) is 9.22. The molecule has 2 aromatic heterocycles. The minimum atomic E-state index is 0.0115. The third-order valence-corrected chi connectivity index (χ3v) is 6.14. The number of hydrogen-bond donors (Lipinski definition) is 2. The minimum absolute atomic E-state index is 0.0115. The lowest BCUT2D eigenvalue weighted by Crippen LogP contribution is -2.39. The number of fused-ring (bicyclic) bond motifs is 1. The molecule has 22 heavy (non-hydrogen) atoms. The first-order valence-electron chi connectivity index (χ1n) is 7.42. The molecule has 0 bridgehead atoms. The number of nitrogens with two attached hydrogens (primary N) is 1. The molecule has 0 radical (unpaired) electrons. The van der Waals surface area contributed by atoms with E-state index in [1.807, 2.05) is 0 Å². The molecule has 1 aliphatic carbocycles. The Labute approximate surface area is 138 Å². The Hall–Kier alpha value is -1.18. The van der Waals surface area contributed by atoms with Crippen LogP contribution in [0.15, 0.2) is 11.4 Å². The van der Waals surface area contributed by atoms with Crippen LogP contribution < -0.4 is 11.1 Å². The van der Waals surface area contributed by atoms with Gasteiger partial charge in [-0.15, -0.1) is 11.3 Å². The van der Waals surface area contributed by atoms with Crippen molar-refractivity contribution in [1.82, 2.24) is 15.3 Å². The van der Waals surface area contributed by atoms with Crippen molar-refractivity contribution in [2.75, 3.05) is 12.3 Å². The quantitative estimate of drug-likeness (QED) is 0.625. The fraction of sp³-hybridized carbons (Fsp3) is 0.533. The molecule has 1 aliphatic rings. The van der Waals surface area contributed by atoms with Crippen molar-refractivity contribution in [2.24, 2.45) is 11.7 Å². The summed E-state index contributed by atoms with van der Waals surface area (Å²) in [7, 11) is 0.